The van der Waals surface area contributed by atoms with Crippen LogP contribution in [-0.2, 0) is 26.2 Å². The fraction of sp³-hybridized carbons (Fsp3) is 0.632. The molecule has 0 radical (unpaired) electrons. The van der Waals surface area contributed by atoms with Gasteiger partial charge in [0.05, 0.1) is 18.9 Å². The molecule has 4 fully saturated rings. The number of amides is 2. The van der Waals surface area contributed by atoms with Gasteiger partial charge < -0.3 is 24.8 Å². The SMILES string of the molecule is Cc1cc(C)cc(-c2[nH]c3sc(C(C)(C)CC4C5CCC4C(=O)N5)cc3c2CCN2CCC(CCC(=O)N3CCOCC3)CC2)c1. The number of aromatic nitrogens is 1. The van der Waals surface area contributed by atoms with Crippen LogP contribution >= 0.6 is 11.3 Å². The predicted octanol–water partition coefficient (Wildman–Crippen LogP) is 6.60. The third-order valence-electron chi connectivity index (χ3n) is 11.5. The monoisotopic (exact) mass is 644 g/mol. The van der Waals surface area contributed by atoms with E-state index in [1.807, 2.05) is 16.2 Å². The van der Waals surface area contributed by atoms with Gasteiger partial charge in [-0.25, -0.2) is 0 Å². The predicted molar refractivity (Wildman–Crippen MR) is 186 cm³/mol. The molecule has 0 spiro atoms. The van der Waals surface area contributed by atoms with Gasteiger partial charge in [-0.2, -0.15) is 0 Å². The highest BCUT2D eigenvalue weighted by molar-refractivity contribution is 7.18. The van der Waals surface area contributed by atoms with Crippen LogP contribution in [0.15, 0.2) is 24.3 Å². The first kappa shape index (κ1) is 31.9. The molecule has 2 N–H and O–H groups in total. The zero-order valence-corrected chi connectivity index (χ0v) is 29.1. The molecule has 5 heterocycles. The molecule has 1 aliphatic carbocycles. The highest BCUT2D eigenvalue weighted by Crippen LogP contribution is 2.48. The molecule has 248 valence electrons. The number of likely N-dealkylation sites (tertiary alicyclic amines) is 1. The summed E-state index contributed by atoms with van der Waals surface area (Å²) in [6.07, 6.45) is 8.31. The Morgan fingerprint density at radius 1 is 1.00 bits per heavy atom. The number of carbonyl (C=O) groups excluding carboxylic acids is 2. The third-order valence-corrected chi connectivity index (χ3v) is 12.9. The van der Waals surface area contributed by atoms with Crippen molar-refractivity contribution in [3.63, 3.8) is 0 Å². The number of aryl methyl sites for hydroxylation is 2. The van der Waals surface area contributed by atoms with E-state index in [9.17, 15) is 9.59 Å². The van der Waals surface area contributed by atoms with E-state index in [0.29, 0.717) is 43.4 Å². The number of H-pyrrole nitrogens is 1. The van der Waals surface area contributed by atoms with Gasteiger partial charge in [0.1, 0.15) is 4.83 Å². The van der Waals surface area contributed by atoms with Gasteiger partial charge in [-0.1, -0.05) is 31.0 Å². The van der Waals surface area contributed by atoms with Crippen LogP contribution in [0.5, 0.6) is 0 Å². The highest BCUT2D eigenvalue weighted by Gasteiger charge is 2.49. The minimum absolute atomic E-state index is 0.0186. The first-order valence-electron chi connectivity index (χ1n) is 17.8. The molecule has 2 bridgehead atoms. The molecule has 3 aliphatic heterocycles. The molecule has 1 saturated carbocycles. The van der Waals surface area contributed by atoms with Gasteiger partial charge in [0.25, 0.3) is 0 Å². The number of ether oxygens (including phenoxy) is 1. The van der Waals surface area contributed by atoms with Crippen LogP contribution in [0.3, 0.4) is 0 Å². The van der Waals surface area contributed by atoms with Gasteiger partial charge >= 0.3 is 0 Å². The van der Waals surface area contributed by atoms with Crippen LogP contribution in [0.2, 0.25) is 0 Å². The maximum Gasteiger partial charge on any atom is 0.223 e. The standard InChI is InChI=1S/C38H52N4O3S/c1-24-19-25(2)21-27(20-24)35-28(11-14-41-12-9-26(10-13-41)5-8-34(43)42-15-17-45-18-16-42)30-22-33(46-37(30)40-35)38(3,4)23-31-29-6-7-32(31)39-36(29)44/h19-22,26,29,31-32,40H,5-18,23H2,1-4H3,(H,39,44). The molecule has 3 unspecified atom stereocenters. The average molecular weight is 645 g/mol. The Balaban J connectivity index is 1.04. The van der Waals surface area contributed by atoms with Crippen LogP contribution in [0.25, 0.3) is 21.5 Å². The first-order chi connectivity index (χ1) is 22.1. The summed E-state index contributed by atoms with van der Waals surface area (Å²) in [4.78, 5) is 36.3. The van der Waals surface area contributed by atoms with Crippen LogP contribution in [-0.4, -0.2) is 78.6 Å². The molecule has 2 amide bonds. The number of nitrogens with zero attached hydrogens (tertiary/aromatic N) is 2. The molecule has 4 aliphatic rings. The van der Waals surface area contributed by atoms with E-state index in [0.717, 1.165) is 64.8 Å². The molecule has 8 heteroatoms. The zero-order chi connectivity index (χ0) is 32.0. The summed E-state index contributed by atoms with van der Waals surface area (Å²) in [5, 5.41) is 4.63. The number of morpholine rings is 1. The third kappa shape index (κ3) is 6.54. The number of nitrogens with one attached hydrogen (secondary N) is 2. The second-order valence-corrected chi connectivity index (χ2v) is 16.4. The quantitative estimate of drug-likeness (QED) is 0.261. The Morgan fingerprint density at radius 3 is 2.41 bits per heavy atom. The number of thiophene rings is 1. The summed E-state index contributed by atoms with van der Waals surface area (Å²) in [5.74, 6) is 1.89. The lowest BCUT2D eigenvalue weighted by atomic mass is 9.78. The summed E-state index contributed by atoms with van der Waals surface area (Å²) >= 11 is 1.92. The van der Waals surface area contributed by atoms with E-state index >= 15 is 0 Å². The smallest absolute Gasteiger partial charge is 0.223 e. The molecular formula is C38H52N4O3S. The molecule has 46 heavy (non-hydrogen) atoms. The van der Waals surface area contributed by atoms with Crippen molar-refractivity contribution >= 4 is 33.4 Å². The van der Waals surface area contributed by atoms with Crippen LogP contribution in [0.4, 0.5) is 0 Å². The van der Waals surface area contributed by atoms with Gasteiger partial charge in [0.15, 0.2) is 0 Å². The Labute approximate surface area is 278 Å². The lowest BCUT2D eigenvalue weighted by molar-refractivity contribution is -0.135. The van der Waals surface area contributed by atoms with Gasteiger partial charge in [0.2, 0.25) is 11.8 Å². The van der Waals surface area contributed by atoms with Crippen molar-refractivity contribution in [2.24, 2.45) is 17.8 Å². The molecule has 7 rings (SSSR count). The van der Waals surface area contributed by atoms with Gasteiger partial charge in [-0.15, -0.1) is 11.3 Å². The number of hydrogen-bond donors (Lipinski definition) is 2. The van der Waals surface area contributed by atoms with Crippen molar-refractivity contribution in [2.45, 2.75) is 90.5 Å². The summed E-state index contributed by atoms with van der Waals surface area (Å²) in [6, 6.07) is 9.73. The number of carbonyl (C=O) groups is 2. The van der Waals surface area contributed by atoms with E-state index in [-0.39, 0.29) is 17.2 Å². The van der Waals surface area contributed by atoms with E-state index in [1.54, 1.807) is 0 Å². The molecule has 3 aromatic rings. The molecule has 3 saturated heterocycles. The fourth-order valence-electron chi connectivity index (χ4n) is 8.89. The molecular weight excluding hydrogens is 593 g/mol. The number of rotatable bonds is 10. The average Bonchev–Trinajstić information content (AvgIpc) is 3.79. The van der Waals surface area contributed by atoms with Crippen molar-refractivity contribution in [2.75, 3.05) is 45.9 Å². The topological polar surface area (TPSA) is 77.7 Å². The Hall–Kier alpha value is -2.68. The van der Waals surface area contributed by atoms with E-state index in [4.69, 9.17) is 4.74 Å². The van der Waals surface area contributed by atoms with Gasteiger partial charge in [-0.05, 0) is 118 Å². The Bertz CT molecular complexity index is 1560. The minimum atomic E-state index is 0.0186. The summed E-state index contributed by atoms with van der Waals surface area (Å²) in [7, 11) is 0. The Kier molecular flexibility index (Phi) is 9.07. The maximum absolute atomic E-state index is 12.7. The number of fused-ring (bicyclic) bond motifs is 3. The van der Waals surface area contributed by atoms with Crippen molar-refractivity contribution in [3.05, 3.63) is 45.8 Å². The van der Waals surface area contributed by atoms with Crippen LogP contribution in [0, 0.1) is 31.6 Å². The van der Waals surface area contributed by atoms with Gasteiger partial charge in [0, 0.05) is 48.3 Å². The second kappa shape index (κ2) is 13.1. The number of piperidine rings is 2. The van der Waals surface area contributed by atoms with E-state index in [1.165, 1.54) is 55.9 Å². The number of hydrogen-bond acceptors (Lipinski definition) is 5. The number of aromatic amines is 1. The lowest BCUT2D eigenvalue weighted by Crippen LogP contribution is -2.41. The highest BCUT2D eigenvalue weighted by atomic mass is 32.1. The van der Waals surface area contributed by atoms with Crippen LogP contribution in [0.1, 0.15) is 80.4 Å². The van der Waals surface area contributed by atoms with Gasteiger partial charge in [-0.3, -0.25) is 9.59 Å². The minimum Gasteiger partial charge on any atom is -0.378 e. The molecule has 7 nitrogen and oxygen atoms in total. The summed E-state index contributed by atoms with van der Waals surface area (Å²) in [5.41, 5.74) is 6.61. The summed E-state index contributed by atoms with van der Waals surface area (Å²) in [6.45, 7) is 15.3. The second-order valence-electron chi connectivity index (χ2n) is 15.3. The molecule has 1 aromatic carbocycles. The van der Waals surface area contributed by atoms with Crippen molar-refractivity contribution in [1.29, 1.82) is 0 Å². The van der Waals surface area contributed by atoms with Crippen LogP contribution < -0.4 is 5.32 Å². The van der Waals surface area contributed by atoms with E-state index < -0.39 is 0 Å². The van der Waals surface area contributed by atoms with E-state index in [2.05, 4.69) is 67.2 Å². The fourth-order valence-corrected chi connectivity index (χ4v) is 10.1. The first-order valence-corrected chi connectivity index (χ1v) is 18.6. The van der Waals surface area contributed by atoms with Crippen molar-refractivity contribution < 1.29 is 14.3 Å². The Morgan fingerprint density at radius 2 is 1.74 bits per heavy atom. The molecule has 3 atom stereocenters. The van der Waals surface area contributed by atoms with Crippen molar-refractivity contribution in [1.82, 2.24) is 20.1 Å². The zero-order valence-electron chi connectivity index (χ0n) is 28.3. The lowest BCUT2D eigenvalue weighted by Gasteiger charge is -2.32. The summed E-state index contributed by atoms with van der Waals surface area (Å²) < 4.78 is 5.41. The maximum atomic E-state index is 12.7. The normalized spacial score (nSPS) is 24.3. The largest absolute Gasteiger partial charge is 0.378 e. The molecule has 2 aromatic heterocycles. The van der Waals surface area contributed by atoms with Crippen molar-refractivity contribution in [3.8, 4) is 11.3 Å². The number of benzene rings is 1.